The van der Waals surface area contributed by atoms with Crippen LogP contribution in [-0.2, 0) is 4.79 Å². The second-order valence-electron chi connectivity index (χ2n) is 3.28. The van der Waals surface area contributed by atoms with Gasteiger partial charge in [0, 0.05) is 27.2 Å². The molecule has 1 heterocycles. The fourth-order valence-corrected chi connectivity index (χ4v) is 2.29. The quantitative estimate of drug-likeness (QED) is 0.795. The molecule has 1 aromatic heterocycles. The molecule has 1 atom stereocenters. The molecule has 0 spiro atoms. The summed E-state index contributed by atoms with van der Waals surface area (Å²) < 4.78 is 0. The van der Waals surface area contributed by atoms with Gasteiger partial charge in [-0.1, -0.05) is 18.2 Å². The standard InChI is InChI=1S/C11H11NO2S/c1-7(11(13)14)15-10-6-12-9-5-3-2-4-8(9)10/h2-7,12H,1H3,(H,13,14)/p-1/t7-/m1/s1. The maximum atomic E-state index is 10.6. The van der Waals surface area contributed by atoms with Crippen LogP contribution in [0.15, 0.2) is 35.4 Å². The van der Waals surface area contributed by atoms with Crippen molar-refractivity contribution in [1.29, 1.82) is 0 Å². The average Bonchev–Trinajstić information content (AvgIpc) is 2.62. The highest BCUT2D eigenvalue weighted by Crippen LogP contribution is 2.30. The molecule has 0 saturated heterocycles. The Morgan fingerprint density at radius 1 is 1.47 bits per heavy atom. The van der Waals surface area contributed by atoms with Crippen LogP contribution in [0.4, 0.5) is 0 Å². The topological polar surface area (TPSA) is 55.9 Å². The Hall–Kier alpha value is -1.42. The average molecular weight is 220 g/mol. The Balaban J connectivity index is 2.32. The molecule has 0 amide bonds. The molecule has 0 aliphatic rings. The van der Waals surface area contributed by atoms with Crippen molar-refractivity contribution in [2.75, 3.05) is 0 Å². The minimum Gasteiger partial charge on any atom is -0.549 e. The van der Waals surface area contributed by atoms with Gasteiger partial charge in [-0.25, -0.2) is 0 Å². The van der Waals surface area contributed by atoms with E-state index in [1.807, 2.05) is 30.5 Å². The van der Waals surface area contributed by atoms with Crippen molar-refractivity contribution in [3.8, 4) is 0 Å². The van der Waals surface area contributed by atoms with Crippen LogP contribution in [0.25, 0.3) is 10.9 Å². The summed E-state index contributed by atoms with van der Waals surface area (Å²) in [7, 11) is 0. The molecule has 3 nitrogen and oxygen atoms in total. The zero-order valence-corrected chi connectivity index (χ0v) is 9.01. The molecule has 78 valence electrons. The van der Waals surface area contributed by atoms with Gasteiger partial charge in [-0.15, -0.1) is 11.8 Å². The molecule has 1 N–H and O–H groups in total. The highest BCUT2D eigenvalue weighted by Gasteiger charge is 2.09. The Kier molecular flexibility index (Phi) is 2.68. The summed E-state index contributed by atoms with van der Waals surface area (Å²) in [6.07, 6.45) is 1.83. The first-order valence-corrected chi connectivity index (χ1v) is 5.50. The minimum absolute atomic E-state index is 0.538. The number of hydrogen-bond donors (Lipinski definition) is 1. The van der Waals surface area contributed by atoms with Gasteiger partial charge in [0.1, 0.15) is 0 Å². The minimum atomic E-state index is -1.04. The van der Waals surface area contributed by atoms with Crippen molar-refractivity contribution >= 4 is 28.6 Å². The monoisotopic (exact) mass is 220 g/mol. The summed E-state index contributed by atoms with van der Waals surface area (Å²) in [5.41, 5.74) is 1.02. The van der Waals surface area contributed by atoms with Crippen molar-refractivity contribution in [1.82, 2.24) is 4.98 Å². The molecule has 15 heavy (non-hydrogen) atoms. The largest absolute Gasteiger partial charge is 0.549 e. The van der Waals surface area contributed by atoms with E-state index in [1.54, 1.807) is 6.92 Å². The van der Waals surface area contributed by atoms with E-state index in [9.17, 15) is 9.90 Å². The third kappa shape index (κ3) is 1.99. The molecule has 0 saturated carbocycles. The summed E-state index contributed by atoms with van der Waals surface area (Å²) in [6, 6.07) is 7.80. The zero-order chi connectivity index (χ0) is 10.8. The number of carbonyl (C=O) groups is 1. The molecule has 2 rings (SSSR count). The van der Waals surface area contributed by atoms with E-state index in [-0.39, 0.29) is 0 Å². The van der Waals surface area contributed by atoms with Crippen molar-refractivity contribution < 1.29 is 9.90 Å². The van der Waals surface area contributed by atoms with Crippen LogP contribution in [0, 0.1) is 0 Å². The number of hydrogen-bond acceptors (Lipinski definition) is 3. The van der Waals surface area contributed by atoms with Gasteiger partial charge in [-0.2, -0.15) is 0 Å². The Labute approximate surface area is 91.5 Å². The summed E-state index contributed by atoms with van der Waals surface area (Å²) in [4.78, 5) is 14.7. The normalized spacial score (nSPS) is 12.9. The summed E-state index contributed by atoms with van der Waals surface area (Å²) in [5.74, 6) is -1.04. The number of para-hydroxylation sites is 1. The van der Waals surface area contributed by atoms with Crippen molar-refractivity contribution in [2.45, 2.75) is 17.1 Å². The first kappa shape index (κ1) is 10.1. The number of benzene rings is 1. The van der Waals surface area contributed by atoms with Crippen LogP contribution in [0.1, 0.15) is 6.92 Å². The van der Waals surface area contributed by atoms with Gasteiger partial charge in [0.15, 0.2) is 0 Å². The molecule has 0 bridgehead atoms. The molecule has 2 aromatic rings. The number of fused-ring (bicyclic) bond motifs is 1. The summed E-state index contributed by atoms with van der Waals surface area (Å²) in [6.45, 7) is 1.63. The lowest BCUT2D eigenvalue weighted by molar-refractivity contribution is -0.304. The molecule has 0 aliphatic carbocycles. The predicted octanol–water partition coefficient (Wildman–Crippen LogP) is 1.40. The van der Waals surface area contributed by atoms with E-state index < -0.39 is 11.2 Å². The van der Waals surface area contributed by atoms with Crippen LogP contribution in [0.5, 0.6) is 0 Å². The van der Waals surface area contributed by atoms with Gasteiger partial charge in [0.05, 0.1) is 5.97 Å². The molecule has 4 heteroatoms. The second-order valence-corrected chi connectivity index (χ2v) is 4.66. The number of H-pyrrole nitrogens is 1. The molecule has 0 radical (unpaired) electrons. The van der Waals surface area contributed by atoms with Gasteiger partial charge in [0.2, 0.25) is 0 Å². The number of nitrogens with one attached hydrogen (secondary N) is 1. The van der Waals surface area contributed by atoms with Crippen LogP contribution in [-0.4, -0.2) is 16.2 Å². The van der Waals surface area contributed by atoms with Gasteiger partial charge in [-0.3, -0.25) is 0 Å². The maximum Gasteiger partial charge on any atom is 0.0545 e. The maximum absolute atomic E-state index is 10.6. The fraction of sp³-hybridized carbons (Fsp3) is 0.182. The Bertz CT molecular complexity index is 492. The Morgan fingerprint density at radius 3 is 2.93 bits per heavy atom. The third-order valence-electron chi connectivity index (χ3n) is 2.19. The highest BCUT2D eigenvalue weighted by atomic mass is 32.2. The van der Waals surface area contributed by atoms with Crippen LogP contribution in [0.3, 0.4) is 0 Å². The molecular weight excluding hydrogens is 210 g/mol. The predicted molar refractivity (Wildman–Crippen MR) is 58.6 cm³/mol. The van der Waals surface area contributed by atoms with Crippen LogP contribution >= 0.6 is 11.8 Å². The number of rotatable bonds is 3. The molecule has 0 unspecified atom stereocenters. The van der Waals surface area contributed by atoms with Crippen LogP contribution < -0.4 is 5.11 Å². The van der Waals surface area contributed by atoms with E-state index in [0.29, 0.717) is 0 Å². The third-order valence-corrected chi connectivity index (χ3v) is 3.32. The van der Waals surface area contributed by atoms with Gasteiger partial charge in [-0.05, 0) is 13.0 Å². The fourth-order valence-electron chi connectivity index (χ4n) is 1.38. The van der Waals surface area contributed by atoms with Gasteiger partial charge < -0.3 is 14.9 Å². The van der Waals surface area contributed by atoms with Gasteiger partial charge in [0.25, 0.3) is 0 Å². The van der Waals surface area contributed by atoms with Crippen molar-refractivity contribution in [2.24, 2.45) is 0 Å². The molecule has 0 aliphatic heterocycles. The smallest absolute Gasteiger partial charge is 0.0545 e. The second kappa shape index (κ2) is 3.98. The first-order chi connectivity index (χ1) is 7.18. The summed E-state index contributed by atoms with van der Waals surface area (Å²) in [5, 5.41) is 11.1. The first-order valence-electron chi connectivity index (χ1n) is 4.62. The Morgan fingerprint density at radius 2 is 2.20 bits per heavy atom. The lowest BCUT2D eigenvalue weighted by Crippen LogP contribution is -2.31. The van der Waals surface area contributed by atoms with E-state index in [1.165, 1.54) is 11.8 Å². The number of thioether (sulfide) groups is 1. The van der Waals surface area contributed by atoms with Crippen molar-refractivity contribution in [3.05, 3.63) is 30.5 Å². The number of aliphatic carboxylic acids is 1. The van der Waals surface area contributed by atoms with Crippen molar-refractivity contribution in [3.63, 3.8) is 0 Å². The lowest BCUT2D eigenvalue weighted by Gasteiger charge is -2.10. The van der Waals surface area contributed by atoms with E-state index in [0.717, 1.165) is 15.8 Å². The number of carboxylic acids is 1. The zero-order valence-electron chi connectivity index (χ0n) is 8.19. The van der Waals surface area contributed by atoms with Gasteiger partial charge >= 0.3 is 0 Å². The van der Waals surface area contributed by atoms with Crippen LogP contribution in [0.2, 0.25) is 0 Å². The SMILES string of the molecule is C[C@@H](Sc1c[nH]c2ccccc12)C(=O)[O-]. The number of carboxylic acid groups (broad SMARTS) is 1. The van der Waals surface area contributed by atoms with E-state index >= 15 is 0 Å². The number of carbonyl (C=O) groups excluding carboxylic acids is 1. The highest BCUT2D eigenvalue weighted by molar-refractivity contribution is 8.00. The van der Waals surface area contributed by atoms with E-state index in [4.69, 9.17) is 0 Å². The van der Waals surface area contributed by atoms with E-state index in [2.05, 4.69) is 4.98 Å². The lowest BCUT2D eigenvalue weighted by atomic mass is 10.2. The number of aromatic nitrogens is 1. The summed E-state index contributed by atoms with van der Waals surface area (Å²) >= 11 is 1.29. The molecule has 1 aromatic carbocycles. The molecule has 0 fully saturated rings. The number of aromatic amines is 1. The molecular formula is C11H10NO2S-.